The van der Waals surface area contributed by atoms with Gasteiger partial charge >= 0.3 is 0 Å². The lowest BCUT2D eigenvalue weighted by Crippen LogP contribution is -2.46. The van der Waals surface area contributed by atoms with Gasteiger partial charge in [0.05, 0.1) is 6.10 Å². The molecular weight excluding hydrogens is 240 g/mol. The van der Waals surface area contributed by atoms with Gasteiger partial charge in [-0.1, -0.05) is 18.2 Å². The fourth-order valence-electron chi connectivity index (χ4n) is 2.44. The molecule has 0 fully saturated rings. The van der Waals surface area contributed by atoms with Crippen molar-refractivity contribution < 1.29 is 9.53 Å². The molecule has 19 heavy (non-hydrogen) atoms. The highest BCUT2D eigenvalue weighted by atomic mass is 16.5. The van der Waals surface area contributed by atoms with Gasteiger partial charge in [0.15, 0.2) is 0 Å². The number of ether oxygens (including phenoxy) is 1. The van der Waals surface area contributed by atoms with E-state index < -0.39 is 0 Å². The normalized spacial score (nSPS) is 19.9. The topological polar surface area (TPSA) is 55.6 Å². The standard InChI is InChI=1S/C15H22N2O2/c1-11(19-2)7-8-15(18)17-10-13(16)9-12-5-3-4-6-14(12)17/h3-6,11,13H,7-10,16H2,1-2H3. The number of benzene rings is 1. The van der Waals surface area contributed by atoms with Crippen LogP contribution in [0.25, 0.3) is 0 Å². The molecular formula is C15H22N2O2. The van der Waals surface area contributed by atoms with Gasteiger partial charge in [0.25, 0.3) is 0 Å². The second-order valence-corrected chi connectivity index (χ2v) is 5.18. The minimum Gasteiger partial charge on any atom is -0.382 e. The van der Waals surface area contributed by atoms with Crippen LogP contribution in [0, 0.1) is 0 Å². The van der Waals surface area contributed by atoms with Crippen LogP contribution >= 0.6 is 0 Å². The van der Waals surface area contributed by atoms with Gasteiger partial charge in [-0.3, -0.25) is 4.79 Å². The largest absolute Gasteiger partial charge is 0.382 e. The highest BCUT2D eigenvalue weighted by Gasteiger charge is 2.26. The van der Waals surface area contributed by atoms with Crippen LogP contribution in [0.1, 0.15) is 25.3 Å². The first-order valence-electron chi connectivity index (χ1n) is 6.78. The number of amides is 1. The molecule has 0 spiro atoms. The van der Waals surface area contributed by atoms with Crippen molar-refractivity contribution in [1.29, 1.82) is 0 Å². The summed E-state index contributed by atoms with van der Waals surface area (Å²) in [6, 6.07) is 8.03. The molecule has 1 amide bonds. The Kier molecular flexibility index (Phi) is 4.56. The van der Waals surface area contributed by atoms with E-state index in [4.69, 9.17) is 10.5 Å². The van der Waals surface area contributed by atoms with Gasteiger partial charge in [-0.2, -0.15) is 0 Å². The van der Waals surface area contributed by atoms with E-state index in [2.05, 4.69) is 0 Å². The molecule has 1 heterocycles. The van der Waals surface area contributed by atoms with Crippen molar-refractivity contribution in [3.05, 3.63) is 29.8 Å². The molecule has 2 atom stereocenters. The number of fused-ring (bicyclic) bond motifs is 1. The highest BCUT2D eigenvalue weighted by Crippen LogP contribution is 2.27. The smallest absolute Gasteiger partial charge is 0.227 e. The Morgan fingerprint density at radius 3 is 3.00 bits per heavy atom. The fourth-order valence-corrected chi connectivity index (χ4v) is 2.44. The first kappa shape index (κ1) is 14.0. The predicted octanol–water partition coefficient (Wildman–Crippen LogP) is 1.72. The molecule has 104 valence electrons. The molecule has 2 rings (SSSR count). The maximum Gasteiger partial charge on any atom is 0.227 e. The number of nitrogens with zero attached hydrogens (tertiary/aromatic N) is 1. The Morgan fingerprint density at radius 1 is 1.53 bits per heavy atom. The summed E-state index contributed by atoms with van der Waals surface area (Å²) in [5.41, 5.74) is 8.22. The zero-order chi connectivity index (χ0) is 13.8. The van der Waals surface area contributed by atoms with E-state index in [9.17, 15) is 4.79 Å². The average molecular weight is 262 g/mol. The molecule has 1 aliphatic heterocycles. The van der Waals surface area contributed by atoms with Crippen molar-refractivity contribution in [2.24, 2.45) is 5.73 Å². The molecule has 0 aliphatic carbocycles. The van der Waals surface area contributed by atoms with Gasteiger partial charge in [-0.15, -0.1) is 0 Å². The highest BCUT2D eigenvalue weighted by molar-refractivity contribution is 5.94. The molecule has 0 bridgehead atoms. The number of para-hydroxylation sites is 1. The lowest BCUT2D eigenvalue weighted by atomic mass is 9.98. The third-order valence-electron chi connectivity index (χ3n) is 3.65. The summed E-state index contributed by atoms with van der Waals surface area (Å²) in [6.07, 6.45) is 2.19. The molecule has 2 N–H and O–H groups in total. The summed E-state index contributed by atoms with van der Waals surface area (Å²) in [6.45, 7) is 2.58. The number of hydrogen-bond acceptors (Lipinski definition) is 3. The third kappa shape index (κ3) is 3.33. The fraction of sp³-hybridized carbons (Fsp3) is 0.533. The van der Waals surface area contributed by atoms with Crippen LogP contribution < -0.4 is 10.6 Å². The van der Waals surface area contributed by atoms with Crippen molar-refractivity contribution >= 4 is 11.6 Å². The van der Waals surface area contributed by atoms with Crippen molar-refractivity contribution in [3.8, 4) is 0 Å². The van der Waals surface area contributed by atoms with E-state index in [1.165, 1.54) is 0 Å². The molecule has 0 radical (unpaired) electrons. The van der Waals surface area contributed by atoms with Gasteiger partial charge in [0, 0.05) is 31.8 Å². The van der Waals surface area contributed by atoms with E-state index in [-0.39, 0.29) is 18.1 Å². The number of rotatable bonds is 4. The molecule has 1 aromatic carbocycles. The maximum absolute atomic E-state index is 12.3. The Bertz CT molecular complexity index is 448. The molecule has 4 nitrogen and oxygen atoms in total. The Labute approximate surface area is 114 Å². The van der Waals surface area contributed by atoms with Crippen molar-refractivity contribution in [2.75, 3.05) is 18.6 Å². The number of nitrogens with two attached hydrogens (primary N) is 1. The number of carbonyl (C=O) groups excluding carboxylic acids is 1. The van der Waals surface area contributed by atoms with Crippen LogP contribution in [0.4, 0.5) is 5.69 Å². The summed E-state index contributed by atoms with van der Waals surface area (Å²) in [4.78, 5) is 14.2. The van der Waals surface area contributed by atoms with Crippen molar-refractivity contribution in [2.45, 2.75) is 38.3 Å². The molecule has 2 unspecified atom stereocenters. The van der Waals surface area contributed by atoms with Crippen LogP contribution in [-0.2, 0) is 16.0 Å². The van der Waals surface area contributed by atoms with Crippen LogP contribution in [0.3, 0.4) is 0 Å². The van der Waals surface area contributed by atoms with Crippen LogP contribution in [0.2, 0.25) is 0 Å². The lowest BCUT2D eigenvalue weighted by molar-refractivity contribution is -0.119. The zero-order valence-electron chi connectivity index (χ0n) is 11.6. The molecule has 4 heteroatoms. The molecule has 1 aromatic rings. The third-order valence-corrected chi connectivity index (χ3v) is 3.65. The monoisotopic (exact) mass is 262 g/mol. The van der Waals surface area contributed by atoms with Gasteiger partial charge in [0.2, 0.25) is 5.91 Å². The number of anilines is 1. The molecule has 1 aliphatic rings. The lowest BCUT2D eigenvalue weighted by Gasteiger charge is -2.33. The van der Waals surface area contributed by atoms with Gasteiger partial charge < -0.3 is 15.4 Å². The molecule has 0 aromatic heterocycles. The summed E-state index contributed by atoms with van der Waals surface area (Å²) in [7, 11) is 1.67. The van der Waals surface area contributed by atoms with Crippen LogP contribution in [0.5, 0.6) is 0 Å². The van der Waals surface area contributed by atoms with Crippen LogP contribution in [-0.4, -0.2) is 31.7 Å². The minimum atomic E-state index is 0.0266. The van der Waals surface area contributed by atoms with E-state index in [0.29, 0.717) is 13.0 Å². The van der Waals surface area contributed by atoms with Gasteiger partial charge in [-0.25, -0.2) is 0 Å². The Balaban J connectivity index is 2.09. The van der Waals surface area contributed by atoms with E-state index in [1.54, 1.807) is 7.11 Å². The first-order valence-corrected chi connectivity index (χ1v) is 6.78. The van der Waals surface area contributed by atoms with Crippen molar-refractivity contribution in [1.82, 2.24) is 0 Å². The first-order chi connectivity index (χ1) is 9.11. The van der Waals surface area contributed by atoms with Crippen LogP contribution in [0.15, 0.2) is 24.3 Å². The zero-order valence-corrected chi connectivity index (χ0v) is 11.6. The molecule has 0 saturated heterocycles. The number of methoxy groups -OCH3 is 1. The maximum atomic E-state index is 12.3. The summed E-state index contributed by atoms with van der Waals surface area (Å²) >= 11 is 0. The number of carbonyl (C=O) groups is 1. The number of hydrogen-bond donors (Lipinski definition) is 1. The second kappa shape index (κ2) is 6.17. The quantitative estimate of drug-likeness (QED) is 0.899. The summed E-state index contributed by atoms with van der Waals surface area (Å²) in [5.74, 6) is 0.131. The predicted molar refractivity (Wildman–Crippen MR) is 76.2 cm³/mol. The van der Waals surface area contributed by atoms with Gasteiger partial charge in [-0.05, 0) is 31.4 Å². The summed E-state index contributed by atoms with van der Waals surface area (Å²) < 4.78 is 5.18. The Morgan fingerprint density at radius 2 is 2.26 bits per heavy atom. The van der Waals surface area contributed by atoms with Crippen molar-refractivity contribution in [3.63, 3.8) is 0 Å². The van der Waals surface area contributed by atoms with Gasteiger partial charge in [0.1, 0.15) is 0 Å². The van der Waals surface area contributed by atoms with E-state index in [1.807, 2.05) is 36.1 Å². The Hall–Kier alpha value is -1.39. The van der Waals surface area contributed by atoms with E-state index in [0.717, 1.165) is 24.1 Å². The average Bonchev–Trinajstić information content (AvgIpc) is 2.43. The SMILES string of the molecule is COC(C)CCC(=O)N1CC(N)Cc2ccccc21. The van der Waals surface area contributed by atoms with E-state index >= 15 is 0 Å². The second-order valence-electron chi connectivity index (χ2n) is 5.18. The summed E-state index contributed by atoms with van der Waals surface area (Å²) in [5, 5.41) is 0. The molecule has 0 saturated carbocycles. The minimum absolute atomic E-state index is 0.0266.